The fourth-order valence-electron chi connectivity index (χ4n) is 2.40. The molecule has 0 bridgehead atoms. The molecule has 0 saturated carbocycles. The lowest BCUT2D eigenvalue weighted by Crippen LogP contribution is -2.46. The second-order valence-corrected chi connectivity index (χ2v) is 7.61. The molecule has 1 aromatic carbocycles. The smallest absolute Gasteiger partial charge is 0.262 e. The molecule has 0 aliphatic carbocycles. The Morgan fingerprint density at radius 2 is 2.11 bits per heavy atom. The van der Waals surface area contributed by atoms with Gasteiger partial charge >= 0.3 is 0 Å². The Labute approximate surface area is 166 Å². The van der Waals surface area contributed by atoms with Crippen molar-refractivity contribution in [2.24, 2.45) is 11.0 Å². The molecule has 2 N–H and O–H groups in total. The van der Waals surface area contributed by atoms with Crippen LogP contribution < -0.4 is 10.7 Å². The predicted octanol–water partition coefficient (Wildman–Crippen LogP) is 3.76. The Morgan fingerprint density at radius 3 is 2.74 bits per heavy atom. The molecule has 2 aromatic rings. The van der Waals surface area contributed by atoms with Gasteiger partial charge in [-0.2, -0.15) is 16.4 Å². The van der Waals surface area contributed by atoms with Crippen LogP contribution in [0.1, 0.15) is 31.4 Å². The summed E-state index contributed by atoms with van der Waals surface area (Å²) in [6.07, 6.45) is 1.81. The van der Waals surface area contributed by atoms with Crippen LogP contribution in [0.2, 0.25) is 5.02 Å². The summed E-state index contributed by atoms with van der Waals surface area (Å²) in [5.74, 6) is -1.06. The minimum absolute atomic E-state index is 0.0846. The Balaban J connectivity index is 1.99. The minimum atomic E-state index is -0.732. The van der Waals surface area contributed by atoms with Crippen molar-refractivity contribution in [2.75, 3.05) is 0 Å². The van der Waals surface area contributed by atoms with E-state index in [9.17, 15) is 14.0 Å². The minimum Gasteiger partial charge on any atom is -0.344 e. The number of hydrogen-bond donors (Lipinski definition) is 2. The van der Waals surface area contributed by atoms with Crippen molar-refractivity contribution in [3.63, 3.8) is 0 Å². The van der Waals surface area contributed by atoms with Crippen LogP contribution in [-0.2, 0) is 16.0 Å². The fourth-order valence-corrected chi connectivity index (χ4v) is 3.28. The van der Waals surface area contributed by atoms with E-state index in [2.05, 4.69) is 15.8 Å². The van der Waals surface area contributed by atoms with E-state index < -0.39 is 17.8 Å². The van der Waals surface area contributed by atoms with Crippen LogP contribution in [0, 0.1) is 11.7 Å². The van der Waals surface area contributed by atoms with Gasteiger partial charge in [-0.3, -0.25) is 9.59 Å². The van der Waals surface area contributed by atoms with Crippen molar-refractivity contribution in [1.29, 1.82) is 0 Å². The molecule has 1 heterocycles. The summed E-state index contributed by atoms with van der Waals surface area (Å²) >= 11 is 7.42. The van der Waals surface area contributed by atoms with E-state index >= 15 is 0 Å². The maximum Gasteiger partial charge on any atom is 0.262 e. The predicted molar refractivity (Wildman–Crippen MR) is 107 cm³/mol. The molecular weight excluding hydrogens is 389 g/mol. The van der Waals surface area contributed by atoms with Crippen LogP contribution in [0.4, 0.5) is 4.39 Å². The Hall–Kier alpha value is -2.25. The summed E-state index contributed by atoms with van der Waals surface area (Å²) in [6, 6.07) is 5.39. The van der Waals surface area contributed by atoms with Gasteiger partial charge in [0.1, 0.15) is 11.9 Å². The Bertz CT molecular complexity index is 789. The number of hydrazone groups is 1. The highest BCUT2D eigenvalue weighted by molar-refractivity contribution is 7.08. The van der Waals surface area contributed by atoms with Crippen LogP contribution >= 0.6 is 22.9 Å². The first-order chi connectivity index (χ1) is 12.9. The number of hydrogen-bond acceptors (Lipinski definition) is 4. The van der Waals surface area contributed by atoms with Crippen molar-refractivity contribution in [2.45, 2.75) is 32.7 Å². The van der Waals surface area contributed by atoms with Crippen molar-refractivity contribution >= 4 is 41.0 Å². The van der Waals surface area contributed by atoms with Gasteiger partial charge in [-0.1, -0.05) is 31.5 Å². The summed E-state index contributed by atoms with van der Waals surface area (Å²) in [7, 11) is 0. The van der Waals surface area contributed by atoms with Crippen LogP contribution in [0.5, 0.6) is 0 Å². The van der Waals surface area contributed by atoms with Gasteiger partial charge in [0.25, 0.3) is 5.91 Å². The molecule has 1 aromatic heterocycles. The van der Waals surface area contributed by atoms with Gasteiger partial charge in [-0.05, 0) is 46.9 Å². The lowest BCUT2D eigenvalue weighted by Gasteiger charge is -2.18. The normalized spacial score (nSPS) is 12.3. The quantitative estimate of drug-likeness (QED) is 0.514. The van der Waals surface area contributed by atoms with Gasteiger partial charge in [0, 0.05) is 5.56 Å². The van der Waals surface area contributed by atoms with Crippen molar-refractivity contribution in [3.8, 4) is 0 Å². The SMILES string of the molecule is CC(C)CC(NC(=O)Cc1ccsc1)C(=O)NN=Cc1c(F)cccc1Cl. The molecule has 0 saturated heterocycles. The number of benzene rings is 1. The van der Waals surface area contributed by atoms with Gasteiger partial charge in [-0.25, -0.2) is 9.82 Å². The molecule has 0 radical (unpaired) electrons. The Morgan fingerprint density at radius 1 is 1.33 bits per heavy atom. The summed E-state index contributed by atoms with van der Waals surface area (Å²) < 4.78 is 13.7. The zero-order valence-electron chi connectivity index (χ0n) is 15.0. The molecule has 0 spiro atoms. The first kappa shape index (κ1) is 21.1. The van der Waals surface area contributed by atoms with E-state index in [1.807, 2.05) is 30.7 Å². The third-order valence-electron chi connectivity index (χ3n) is 3.67. The zero-order chi connectivity index (χ0) is 19.8. The maximum absolute atomic E-state index is 13.7. The molecule has 1 atom stereocenters. The Kier molecular flexibility index (Phi) is 7.94. The standard InChI is InChI=1S/C19H21ClFN3O2S/c1-12(2)8-17(23-18(25)9-13-6-7-27-11-13)19(26)24-22-10-14-15(20)4-3-5-16(14)21/h3-7,10-12,17H,8-9H2,1-2H3,(H,23,25)(H,24,26). The van der Waals surface area contributed by atoms with Gasteiger partial charge in [0.15, 0.2) is 0 Å². The topological polar surface area (TPSA) is 70.6 Å². The van der Waals surface area contributed by atoms with E-state index in [-0.39, 0.29) is 28.8 Å². The van der Waals surface area contributed by atoms with Gasteiger partial charge in [0.2, 0.25) is 5.91 Å². The maximum atomic E-state index is 13.7. The average molecular weight is 410 g/mol. The molecule has 0 aliphatic heterocycles. The van der Waals surface area contributed by atoms with E-state index in [0.717, 1.165) is 11.8 Å². The molecule has 0 aliphatic rings. The molecule has 2 amide bonds. The average Bonchev–Trinajstić information content (AvgIpc) is 3.09. The number of carbonyl (C=O) groups excluding carboxylic acids is 2. The summed E-state index contributed by atoms with van der Waals surface area (Å²) in [6.45, 7) is 3.90. The van der Waals surface area contributed by atoms with Gasteiger partial charge in [0.05, 0.1) is 17.7 Å². The van der Waals surface area contributed by atoms with Crippen molar-refractivity contribution in [1.82, 2.24) is 10.7 Å². The van der Waals surface area contributed by atoms with Crippen molar-refractivity contribution < 1.29 is 14.0 Å². The zero-order valence-corrected chi connectivity index (χ0v) is 16.6. The number of nitrogens with zero attached hydrogens (tertiary/aromatic N) is 1. The van der Waals surface area contributed by atoms with Crippen LogP contribution in [0.25, 0.3) is 0 Å². The number of amides is 2. The number of rotatable bonds is 8. The third-order valence-corrected chi connectivity index (χ3v) is 4.73. The van der Waals surface area contributed by atoms with E-state index in [1.165, 1.54) is 29.5 Å². The lowest BCUT2D eigenvalue weighted by molar-refractivity contribution is -0.129. The number of thiophene rings is 1. The van der Waals surface area contributed by atoms with E-state index in [4.69, 9.17) is 11.6 Å². The van der Waals surface area contributed by atoms with Gasteiger partial charge in [-0.15, -0.1) is 0 Å². The molecule has 8 heteroatoms. The second kappa shape index (κ2) is 10.2. The highest BCUT2D eigenvalue weighted by atomic mass is 35.5. The molecule has 144 valence electrons. The van der Waals surface area contributed by atoms with Crippen LogP contribution in [0.3, 0.4) is 0 Å². The highest BCUT2D eigenvalue weighted by Crippen LogP contribution is 2.16. The van der Waals surface area contributed by atoms with Crippen molar-refractivity contribution in [3.05, 3.63) is 57.0 Å². The number of halogens is 2. The largest absolute Gasteiger partial charge is 0.344 e. The fraction of sp³-hybridized carbons (Fsp3) is 0.316. The third kappa shape index (κ3) is 6.77. The van der Waals surface area contributed by atoms with Crippen LogP contribution in [-0.4, -0.2) is 24.1 Å². The van der Waals surface area contributed by atoms with E-state index in [1.54, 1.807) is 0 Å². The monoisotopic (exact) mass is 409 g/mol. The molecule has 0 fully saturated rings. The molecular formula is C19H21ClFN3O2S. The molecule has 2 rings (SSSR count). The first-order valence-corrected chi connectivity index (χ1v) is 9.76. The number of nitrogens with one attached hydrogen (secondary N) is 2. The first-order valence-electron chi connectivity index (χ1n) is 8.44. The summed E-state index contributed by atoms with van der Waals surface area (Å²) in [5.41, 5.74) is 3.33. The summed E-state index contributed by atoms with van der Waals surface area (Å²) in [4.78, 5) is 24.6. The molecule has 5 nitrogen and oxygen atoms in total. The molecule has 1 unspecified atom stereocenters. The highest BCUT2D eigenvalue weighted by Gasteiger charge is 2.22. The van der Waals surface area contributed by atoms with Crippen LogP contribution in [0.15, 0.2) is 40.1 Å². The van der Waals surface area contributed by atoms with E-state index in [0.29, 0.717) is 6.42 Å². The van der Waals surface area contributed by atoms with Gasteiger partial charge < -0.3 is 5.32 Å². The second-order valence-electron chi connectivity index (χ2n) is 6.43. The lowest BCUT2D eigenvalue weighted by atomic mass is 10.0. The molecule has 27 heavy (non-hydrogen) atoms. The number of carbonyl (C=O) groups is 2. The summed E-state index contributed by atoms with van der Waals surface area (Å²) in [5, 5.41) is 10.5.